The Balaban J connectivity index is 2.36. The van der Waals surface area contributed by atoms with Gasteiger partial charge in [0.05, 0.1) is 38.1 Å². The van der Waals surface area contributed by atoms with Crippen molar-refractivity contribution in [1.82, 2.24) is 0 Å². The van der Waals surface area contributed by atoms with Gasteiger partial charge < -0.3 is 5.73 Å². The molecule has 2 rings (SSSR count). The molecule has 2 aromatic rings. The Morgan fingerprint density at radius 2 is 2.10 bits per heavy atom. The highest BCUT2D eigenvalue weighted by molar-refractivity contribution is 7.84. The molecule has 0 amide bonds. The summed E-state index contributed by atoms with van der Waals surface area (Å²) in [6.07, 6.45) is 0. The molecule has 1 atom stereocenters. The maximum atomic E-state index is 13.7. The number of hydrogen-bond donors (Lipinski definition) is 1. The van der Waals surface area contributed by atoms with E-state index in [4.69, 9.17) is 22.6 Å². The standard InChI is InChI=1S/C14H10ClFN2OS/c15-11-2-1-3-13(18)14(11)20(19)8-10-6-9(7-17)4-5-12(10)16/h1-6H,8,18H2. The van der Waals surface area contributed by atoms with Gasteiger partial charge in [0, 0.05) is 11.3 Å². The number of anilines is 1. The van der Waals surface area contributed by atoms with Gasteiger partial charge in [0.1, 0.15) is 5.82 Å². The van der Waals surface area contributed by atoms with Crippen molar-refractivity contribution in [2.45, 2.75) is 10.6 Å². The minimum Gasteiger partial charge on any atom is -0.398 e. The Morgan fingerprint density at radius 1 is 1.35 bits per heavy atom. The number of nitriles is 1. The highest BCUT2D eigenvalue weighted by atomic mass is 35.5. The van der Waals surface area contributed by atoms with Gasteiger partial charge in [-0.05, 0) is 30.3 Å². The first-order valence-electron chi connectivity index (χ1n) is 5.64. The molecule has 0 aliphatic heterocycles. The van der Waals surface area contributed by atoms with Crippen LogP contribution >= 0.6 is 11.6 Å². The van der Waals surface area contributed by atoms with Gasteiger partial charge in [0.2, 0.25) is 0 Å². The molecule has 0 fully saturated rings. The zero-order chi connectivity index (χ0) is 14.7. The van der Waals surface area contributed by atoms with Crippen LogP contribution in [0.3, 0.4) is 0 Å². The fourth-order valence-electron chi connectivity index (χ4n) is 1.73. The van der Waals surface area contributed by atoms with E-state index in [1.165, 1.54) is 18.2 Å². The van der Waals surface area contributed by atoms with Crippen LogP contribution in [0.2, 0.25) is 5.02 Å². The fourth-order valence-corrected chi connectivity index (χ4v) is 3.44. The van der Waals surface area contributed by atoms with Crippen LogP contribution < -0.4 is 5.73 Å². The predicted octanol–water partition coefficient (Wildman–Crippen LogP) is 3.24. The van der Waals surface area contributed by atoms with Crippen LogP contribution in [-0.2, 0) is 16.6 Å². The first-order valence-corrected chi connectivity index (χ1v) is 7.33. The van der Waals surface area contributed by atoms with E-state index in [0.29, 0.717) is 11.3 Å². The maximum absolute atomic E-state index is 13.7. The van der Waals surface area contributed by atoms with E-state index in [1.54, 1.807) is 18.2 Å². The number of benzene rings is 2. The van der Waals surface area contributed by atoms with Gasteiger partial charge in [0.15, 0.2) is 0 Å². The Morgan fingerprint density at radius 3 is 2.75 bits per heavy atom. The number of nitrogens with two attached hydrogens (primary N) is 1. The van der Waals surface area contributed by atoms with Gasteiger partial charge in [-0.1, -0.05) is 17.7 Å². The SMILES string of the molecule is N#Cc1ccc(F)c(CS(=O)c2c(N)cccc2Cl)c1. The smallest absolute Gasteiger partial charge is 0.127 e. The topological polar surface area (TPSA) is 66.9 Å². The summed E-state index contributed by atoms with van der Waals surface area (Å²) in [5, 5.41) is 9.08. The highest BCUT2D eigenvalue weighted by Gasteiger charge is 2.15. The van der Waals surface area contributed by atoms with Crippen molar-refractivity contribution in [2.24, 2.45) is 0 Å². The zero-order valence-electron chi connectivity index (χ0n) is 10.3. The van der Waals surface area contributed by atoms with E-state index in [-0.39, 0.29) is 21.2 Å². The lowest BCUT2D eigenvalue weighted by atomic mass is 10.1. The lowest BCUT2D eigenvalue weighted by Gasteiger charge is -2.08. The summed E-state index contributed by atoms with van der Waals surface area (Å²) in [5.41, 5.74) is 6.55. The number of hydrogen-bond acceptors (Lipinski definition) is 3. The van der Waals surface area contributed by atoms with E-state index < -0.39 is 16.6 Å². The molecule has 6 heteroatoms. The largest absolute Gasteiger partial charge is 0.398 e. The van der Waals surface area contributed by atoms with Gasteiger partial charge in [-0.3, -0.25) is 4.21 Å². The summed E-state index contributed by atoms with van der Waals surface area (Å²) >= 11 is 5.97. The molecule has 0 aromatic heterocycles. The Bertz CT molecular complexity index is 707. The Kier molecular flexibility index (Phi) is 4.38. The average molecular weight is 309 g/mol. The molecule has 0 aliphatic carbocycles. The van der Waals surface area contributed by atoms with Gasteiger partial charge in [-0.25, -0.2) is 4.39 Å². The van der Waals surface area contributed by atoms with Crippen LogP contribution in [0.4, 0.5) is 10.1 Å². The maximum Gasteiger partial charge on any atom is 0.127 e. The van der Waals surface area contributed by atoms with Crippen molar-refractivity contribution < 1.29 is 8.60 Å². The van der Waals surface area contributed by atoms with Crippen LogP contribution in [0.15, 0.2) is 41.3 Å². The second-order valence-electron chi connectivity index (χ2n) is 4.07. The van der Waals surface area contributed by atoms with E-state index in [0.717, 1.165) is 0 Å². The van der Waals surface area contributed by atoms with E-state index in [2.05, 4.69) is 0 Å². The van der Waals surface area contributed by atoms with Crippen molar-refractivity contribution in [3.8, 4) is 6.07 Å². The molecule has 0 heterocycles. The molecular weight excluding hydrogens is 299 g/mol. The summed E-state index contributed by atoms with van der Waals surface area (Å²) in [6, 6.07) is 10.6. The van der Waals surface area contributed by atoms with Crippen LogP contribution in [0.1, 0.15) is 11.1 Å². The molecule has 3 nitrogen and oxygen atoms in total. The summed E-state index contributed by atoms with van der Waals surface area (Å²) in [7, 11) is -1.58. The van der Waals surface area contributed by atoms with Crippen LogP contribution in [-0.4, -0.2) is 4.21 Å². The molecule has 102 valence electrons. The van der Waals surface area contributed by atoms with Crippen molar-refractivity contribution in [3.05, 3.63) is 58.4 Å². The van der Waals surface area contributed by atoms with Crippen molar-refractivity contribution in [2.75, 3.05) is 5.73 Å². The second kappa shape index (κ2) is 6.04. The summed E-state index contributed by atoms with van der Waals surface area (Å²) in [5.74, 6) is -0.599. The van der Waals surface area contributed by atoms with Gasteiger partial charge in [-0.15, -0.1) is 0 Å². The molecule has 0 radical (unpaired) electrons. The molecule has 2 aromatic carbocycles. The highest BCUT2D eigenvalue weighted by Crippen LogP contribution is 2.28. The monoisotopic (exact) mass is 308 g/mol. The quantitative estimate of drug-likeness (QED) is 0.885. The van der Waals surface area contributed by atoms with Gasteiger partial charge in [-0.2, -0.15) is 5.26 Å². The molecule has 20 heavy (non-hydrogen) atoms. The molecule has 0 aliphatic rings. The molecule has 1 unspecified atom stereocenters. The molecule has 0 spiro atoms. The minimum absolute atomic E-state index is 0.0880. The summed E-state index contributed by atoms with van der Waals surface area (Å²) in [4.78, 5) is 0.288. The van der Waals surface area contributed by atoms with Crippen LogP contribution in [0.5, 0.6) is 0 Å². The molecule has 0 saturated heterocycles. The van der Waals surface area contributed by atoms with Gasteiger partial charge >= 0.3 is 0 Å². The summed E-state index contributed by atoms with van der Waals surface area (Å²) < 4.78 is 26.0. The van der Waals surface area contributed by atoms with E-state index in [9.17, 15) is 8.60 Å². The van der Waals surface area contributed by atoms with E-state index >= 15 is 0 Å². The van der Waals surface area contributed by atoms with Crippen molar-refractivity contribution in [3.63, 3.8) is 0 Å². The van der Waals surface area contributed by atoms with Crippen molar-refractivity contribution >= 4 is 28.1 Å². The molecule has 0 bridgehead atoms. The van der Waals surface area contributed by atoms with Crippen molar-refractivity contribution in [1.29, 1.82) is 5.26 Å². The fraction of sp³-hybridized carbons (Fsp3) is 0.0714. The number of rotatable bonds is 3. The third-order valence-corrected chi connectivity index (χ3v) is 4.60. The lowest BCUT2D eigenvalue weighted by molar-refractivity contribution is 0.615. The van der Waals surface area contributed by atoms with E-state index in [1.807, 2.05) is 6.07 Å². The second-order valence-corrected chi connectivity index (χ2v) is 5.86. The first-order chi connectivity index (χ1) is 9.52. The third-order valence-electron chi connectivity index (χ3n) is 2.69. The summed E-state index contributed by atoms with van der Waals surface area (Å²) in [6.45, 7) is 0. The number of nitrogens with zero attached hydrogens (tertiary/aromatic N) is 1. The molecule has 2 N–H and O–H groups in total. The minimum atomic E-state index is -1.58. The molecule has 0 saturated carbocycles. The van der Waals surface area contributed by atoms with Crippen LogP contribution in [0.25, 0.3) is 0 Å². The first kappa shape index (κ1) is 14.5. The normalized spacial score (nSPS) is 11.8. The molecular formula is C14H10ClFN2OS. The Hall–Kier alpha value is -1.90. The number of nitrogen functional groups attached to an aromatic ring is 1. The zero-order valence-corrected chi connectivity index (χ0v) is 11.8. The average Bonchev–Trinajstić information content (AvgIpc) is 2.41. The van der Waals surface area contributed by atoms with Crippen LogP contribution in [0, 0.1) is 17.1 Å². The lowest BCUT2D eigenvalue weighted by Crippen LogP contribution is -2.03. The van der Waals surface area contributed by atoms with Gasteiger partial charge in [0.25, 0.3) is 0 Å². The number of halogens is 2. The Labute approximate surface area is 123 Å². The predicted molar refractivity (Wildman–Crippen MR) is 77.1 cm³/mol. The third kappa shape index (κ3) is 2.98.